The molecule has 0 amide bonds. The lowest BCUT2D eigenvalue weighted by Crippen LogP contribution is -2.42. The van der Waals surface area contributed by atoms with Crippen molar-refractivity contribution in [2.75, 3.05) is 20.3 Å². The number of aromatic amines is 1. The van der Waals surface area contributed by atoms with Crippen LogP contribution in [0.3, 0.4) is 0 Å². The number of H-pyrrole nitrogens is 1. The Balaban J connectivity index is 1.89. The van der Waals surface area contributed by atoms with Gasteiger partial charge in [-0.05, 0) is 25.3 Å². The summed E-state index contributed by atoms with van der Waals surface area (Å²) in [4.78, 5) is 39.7. The third-order valence-electron chi connectivity index (χ3n) is 5.35. The predicted octanol–water partition coefficient (Wildman–Crippen LogP) is 0.897. The van der Waals surface area contributed by atoms with Crippen LogP contribution in [0.2, 0.25) is 0 Å². The number of hydrogen-bond acceptors (Lipinski definition) is 6. The SMILES string of the molecule is COCCn1c(=O)c2c(C)c(Cn3[nH]ccc3=O)sc2n(CC2CCCO2)c1=O. The molecule has 1 unspecified atom stereocenters. The molecule has 1 aliphatic rings. The van der Waals surface area contributed by atoms with E-state index < -0.39 is 0 Å². The van der Waals surface area contributed by atoms with Crippen LogP contribution in [0.4, 0.5) is 0 Å². The van der Waals surface area contributed by atoms with Crippen molar-refractivity contribution in [3.8, 4) is 0 Å². The smallest absolute Gasteiger partial charge is 0.332 e. The third-order valence-corrected chi connectivity index (χ3v) is 6.65. The average molecular weight is 420 g/mol. The molecule has 0 bridgehead atoms. The standard InChI is InChI=1S/C19H24N4O5S/c1-12-14(11-23-15(24)5-6-20-23)29-18-16(12)17(25)21(7-9-27-2)19(26)22(18)10-13-4-3-8-28-13/h5-6,13,20H,3-4,7-11H2,1-2H3. The molecule has 4 heterocycles. The van der Waals surface area contributed by atoms with Gasteiger partial charge >= 0.3 is 5.69 Å². The minimum Gasteiger partial charge on any atom is -0.383 e. The lowest BCUT2D eigenvalue weighted by molar-refractivity contribution is 0.0964. The summed E-state index contributed by atoms with van der Waals surface area (Å²) in [6.45, 7) is 3.75. The van der Waals surface area contributed by atoms with E-state index in [9.17, 15) is 14.4 Å². The minimum absolute atomic E-state index is 0.0406. The van der Waals surface area contributed by atoms with Gasteiger partial charge in [0, 0.05) is 30.9 Å². The summed E-state index contributed by atoms with van der Waals surface area (Å²) in [5.74, 6) is 0. The summed E-state index contributed by atoms with van der Waals surface area (Å²) in [7, 11) is 1.54. The van der Waals surface area contributed by atoms with Gasteiger partial charge in [0.25, 0.3) is 11.1 Å². The van der Waals surface area contributed by atoms with E-state index in [-0.39, 0.29) is 36.1 Å². The number of fused-ring (bicyclic) bond motifs is 1. The number of thiophene rings is 1. The molecule has 0 aromatic carbocycles. The molecule has 1 aliphatic heterocycles. The summed E-state index contributed by atoms with van der Waals surface area (Å²) in [6, 6.07) is 1.45. The Morgan fingerprint density at radius 2 is 2.14 bits per heavy atom. The second-order valence-electron chi connectivity index (χ2n) is 7.20. The lowest BCUT2D eigenvalue weighted by Gasteiger charge is -2.15. The van der Waals surface area contributed by atoms with Crippen LogP contribution in [0.1, 0.15) is 23.3 Å². The summed E-state index contributed by atoms with van der Waals surface area (Å²) in [5, 5.41) is 3.41. The number of aromatic nitrogens is 4. The number of hydrogen-bond donors (Lipinski definition) is 1. The molecule has 10 heteroatoms. The minimum atomic E-state index is -0.347. The molecule has 0 aliphatic carbocycles. The van der Waals surface area contributed by atoms with E-state index in [0.29, 0.717) is 29.9 Å². The third kappa shape index (κ3) is 3.63. The number of aryl methyl sites for hydroxylation is 1. The van der Waals surface area contributed by atoms with Crippen molar-refractivity contribution < 1.29 is 9.47 Å². The fourth-order valence-corrected chi connectivity index (χ4v) is 5.03. The maximum absolute atomic E-state index is 13.1. The zero-order chi connectivity index (χ0) is 20.5. The fourth-order valence-electron chi connectivity index (χ4n) is 3.74. The van der Waals surface area contributed by atoms with E-state index >= 15 is 0 Å². The van der Waals surface area contributed by atoms with Gasteiger partial charge < -0.3 is 14.6 Å². The summed E-state index contributed by atoms with van der Waals surface area (Å²) < 4.78 is 15.2. The Hall–Kier alpha value is -2.43. The molecule has 3 aromatic rings. The Morgan fingerprint density at radius 1 is 1.31 bits per heavy atom. The van der Waals surface area contributed by atoms with Crippen molar-refractivity contribution in [2.45, 2.75) is 45.5 Å². The van der Waals surface area contributed by atoms with E-state index in [2.05, 4.69) is 5.10 Å². The average Bonchev–Trinajstić information content (AvgIpc) is 3.42. The Kier molecular flexibility index (Phi) is 5.57. The molecule has 1 fully saturated rings. The van der Waals surface area contributed by atoms with Gasteiger partial charge in [-0.2, -0.15) is 0 Å². The number of methoxy groups -OCH3 is 1. The van der Waals surface area contributed by atoms with Crippen LogP contribution in [0.15, 0.2) is 26.6 Å². The number of nitrogens with zero attached hydrogens (tertiary/aromatic N) is 3. The Bertz CT molecular complexity index is 1190. The summed E-state index contributed by atoms with van der Waals surface area (Å²) in [6.07, 6.45) is 3.40. The van der Waals surface area contributed by atoms with Crippen LogP contribution in [0, 0.1) is 6.92 Å². The highest BCUT2D eigenvalue weighted by molar-refractivity contribution is 7.18. The molecule has 1 atom stereocenters. The predicted molar refractivity (Wildman–Crippen MR) is 110 cm³/mol. The molecule has 0 saturated carbocycles. The monoisotopic (exact) mass is 420 g/mol. The largest absolute Gasteiger partial charge is 0.383 e. The Morgan fingerprint density at radius 3 is 2.79 bits per heavy atom. The van der Waals surface area contributed by atoms with Crippen LogP contribution >= 0.6 is 11.3 Å². The molecule has 156 valence electrons. The van der Waals surface area contributed by atoms with Gasteiger partial charge in [0.2, 0.25) is 0 Å². The molecule has 4 rings (SSSR count). The van der Waals surface area contributed by atoms with E-state index in [1.54, 1.807) is 10.8 Å². The number of nitrogens with one attached hydrogen (secondary N) is 1. The molecular weight excluding hydrogens is 396 g/mol. The molecule has 1 saturated heterocycles. The molecule has 0 radical (unpaired) electrons. The van der Waals surface area contributed by atoms with Gasteiger partial charge in [-0.25, -0.2) is 9.48 Å². The van der Waals surface area contributed by atoms with Crippen LogP contribution < -0.4 is 16.8 Å². The van der Waals surface area contributed by atoms with E-state index in [1.807, 2.05) is 6.92 Å². The molecule has 0 spiro atoms. The highest BCUT2D eigenvalue weighted by atomic mass is 32.1. The fraction of sp³-hybridized carbons (Fsp3) is 0.526. The topological polar surface area (TPSA) is 100 Å². The van der Waals surface area contributed by atoms with Crippen LogP contribution in [-0.4, -0.2) is 45.3 Å². The first-order valence-corrected chi connectivity index (χ1v) is 10.4. The highest BCUT2D eigenvalue weighted by Crippen LogP contribution is 2.29. The summed E-state index contributed by atoms with van der Waals surface area (Å²) in [5.41, 5.74) is -0.00997. The van der Waals surface area contributed by atoms with Crippen LogP contribution in [0.5, 0.6) is 0 Å². The lowest BCUT2D eigenvalue weighted by atomic mass is 10.2. The van der Waals surface area contributed by atoms with E-state index in [4.69, 9.17) is 9.47 Å². The van der Waals surface area contributed by atoms with Crippen molar-refractivity contribution >= 4 is 21.6 Å². The Labute approximate surface area is 170 Å². The van der Waals surface area contributed by atoms with Crippen molar-refractivity contribution in [3.63, 3.8) is 0 Å². The van der Waals surface area contributed by atoms with E-state index in [1.165, 1.54) is 33.8 Å². The molecule has 29 heavy (non-hydrogen) atoms. The normalized spacial score (nSPS) is 16.8. The van der Waals surface area contributed by atoms with Crippen molar-refractivity contribution in [2.24, 2.45) is 0 Å². The van der Waals surface area contributed by atoms with Crippen LogP contribution in [-0.2, 0) is 29.1 Å². The van der Waals surface area contributed by atoms with Gasteiger partial charge in [-0.1, -0.05) is 0 Å². The van der Waals surface area contributed by atoms with Crippen molar-refractivity contribution in [3.05, 3.63) is 53.9 Å². The van der Waals surface area contributed by atoms with Gasteiger partial charge in [-0.15, -0.1) is 11.3 Å². The first-order chi connectivity index (χ1) is 14.0. The molecular formula is C19H24N4O5S. The highest BCUT2D eigenvalue weighted by Gasteiger charge is 2.24. The second kappa shape index (κ2) is 8.13. The van der Waals surface area contributed by atoms with Crippen LogP contribution in [0.25, 0.3) is 10.2 Å². The van der Waals surface area contributed by atoms with Gasteiger partial charge in [0.15, 0.2) is 0 Å². The first kappa shape index (κ1) is 19.9. The molecule has 3 aromatic heterocycles. The number of ether oxygens (including phenoxy) is 2. The summed E-state index contributed by atoms with van der Waals surface area (Å²) >= 11 is 1.38. The maximum atomic E-state index is 13.1. The van der Waals surface area contributed by atoms with Crippen molar-refractivity contribution in [1.29, 1.82) is 0 Å². The van der Waals surface area contributed by atoms with Gasteiger partial charge in [-0.3, -0.25) is 18.7 Å². The van der Waals surface area contributed by atoms with E-state index in [0.717, 1.165) is 23.3 Å². The zero-order valence-corrected chi connectivity index (χ0v) is 17.3. The number of rotatable bonds is 7. The van der Waals surface area contributed by atoms with Gasteiger partial charge in [0.05, 0.1) is 37.7 Å². The zero-order valence-electron chi connectivity index (χ0n) is 16.5. The van der Waals surface area contributed by atoms with Crippen molar-refractivity contribution in [1.82, 2.24) is 18.9 Å². The molecule has 9 nitrogen and oxygen atoms in total. The second-order valence-corrected chi connectivity index (χ2v) is 8.28. The quantitative estimate of drug-likeness (QED) is 0.612. The van der Waals surface area contributed by atoms with Gasteiger partial charge in [0.1, 0.15) is 4.83 Å². The molecule has 1 N–H and O–H groups in total. The first-order valence-electron chi connectivity index (χ1n) is 9.61. The maximum Gasteiger partial charge on any atom is 0.332 e.